The van der Waals surface area contributed by atoms with E-state index in [0.717, 1.165) is 23.7 Å². The van der Waals surface area contributed by atoms with E-state index in [0.29, 0.717) is 6.42 Å². The van der Waals surface area contributed by atoms with Crippen molar-refractivity contribution in [2.45, 2.75) is 31.1 Å². The molecule has 0 saturated carbocycles. The van der Waals surface area contributed by atoms with Crippen LogP contribution in [0.3, 0.4) is 0 Å². The van der Waals surface area contributed by atoms with Crippen molar-refractivity contribution in [2.24, 2.45) is 0 Å². The van der Waals surface area contributed by atoms with Gasteiger partial charge < -0.3 is 10.2 Å². The minimum absolute atomic E-state index is 0.0878. The standard InChI is InChI=1S/C15H24N2OS/c1-4-5-11-17(2)12-10-15(18)16-13-8-6-7-9-14(13)19-3/h6-9H,4-5,10-12H2,1-3H3,(H,16,18). The molecule has 0 aromatic heterocycles. The molecule has 1 amide bonds. The van der Waals surface area contributed by atoms with Gasteiger partial charge in [0.2, 0.25) is 5.91 Å². The van der Waals surface area contributed by atoms with E-state index in [-0.39, 0.29) is 5.91 Å². The summed E-state index contributed by atoms with van der Waals surface area (Å²) in [5.74, 6) is 0.0878. The quantitative estimate of drug-likeness (QED) is 0.740. The number of unbranched alkanes of at least 4 members (excludes halogenated alkanes) is 1. The molecular formula is C15H24N2OS. The molecule has 1 aromatic carbocycles. The third-order valence-corrected chi connectivity index (χ3v) is 3.79. The SMILES string of the molecule is CCCCN(C)CCC(=O)Nc1ccccc1SC. The van der Waals surface area contributed by atoms with Crippen LogP contribution in [0.15, 0.2) is 29.2 Å². The third kappa shape index (κ3) is 6.12. The number of amides is 1. The maximum atomic E-state index is 11.9. The van der Waals surface area contributed by atoms with Gasteiger partial charge in [-0.2, -0.15) is 0 Å². The smallest absolute Gasteiger partial charge is 0.225 e. The number of hydrogen-bond donors (Lipinski definition) is 1. The van der Waals surface area contributed by atoms with Crippen LogP contribution >= 0.6 is 11.8 Å². The number of para-hydroxylation sites is 1. The lowest BCUT2D eigenvalue weighted by atomic mass is 10.3. The fourth-order valence-electron chi connectivity index (χ4n) is 1.79. The summed E-state index contributed by atoms with van der Waals surface area (Å²) in [4.78, 5) is 15.2. The van der Waals surface area contributed by atoms with Crippen molar-refractivity contribution in [3.8, 4) is 0 Å². The zero-order chi connectivity index (χ0) is 14.1. The molecule has 0 heterocycles. The van der Waals surface area contributed by atoms with Gasteiger partial charge in [-0.3, -0.25) is 4.79 Å². The number of nitrogens with one attached hydrogen (secondary N) is 1. The van der Waals surface area contributed by atoms with Crippen LogP contribution in [-0.2, 0) is 4.79 Å². The number of benzene rings is 1. The molecule has 0 bridgehead atoms. The van der Waals surface area contributed by atoms with Crippen molar-refractivity contribution < 1.29 is 4.79 Å². The summed E-state index contributed by atoms with van der Waals surface area (Å²) in [6.45, 7) is 4.05. The first kappa shape index (κ1) is 16.1. The van der Waals surface area contributed by atoms with Gasteiger partial charge in [-0.25, -0.2) is 0 Å². The van der Waals surface area contributed by atoms with Crippen molar-refractivity contribution in [1.29, 1.82) is 0 Å². The van der Waals surface area contributed by atoms with Gasteiger partial charge in [-0.1, -0.05) is 25.5 Å². The Morgan fingerprint density at radius 3 is 2.74 bits per heavy atom. The minimum atomic E-state index is 0.0878. The van der Waals surface area contributed by atoms with Gasteiger partial charge in [-0.15, -0.1) is 11.8 Å². The molecule has 0 aliphatic carbocycles. The second-order valence-electron chi connectivity index (χ2n) is 4.66. The molecule has 0 saturated heterocycles. The van der Waals surface area contributed by atoms with E-state index in [1.807, 2.05) is 30.5 Å². The first-order valence-electron chi connectivity index (χ1n) is 6.78. The highest BCUT2D eigenvalue weighted by atomic mass is 32.2. The zero-order valence-corrected chi connectivity index (χ0v) is 12.9. The predicted octanol–water partition coefficient (Wildman–Crippen LogP) is 3.47. The number of hydrogen-bond acceptors (Lipinski definition) is 3. The molecule has 19 heavy (non-hydrogen) atoms. The molecule has 1 aromatic rings. The summed E-state index contributed by atoms with van der Waals surface area (Å²) in [5, 5.41) is 2.99. The van der Waals surface area contributed by atoms with Gasteiger partial charge in [0.25, 0.3) is 0 Å². The van der Waals surface area contributed by atoms with E-state index in [9.17, 15) is 4.79 Å². The van der Waals surface area contributed by atoms with Gasteiger partial charge in [0, 0.05) is 17.9 Å². The first-order valence-corrected chi connectivity index (χ1v) is 8.01. The summed E-state index contributed by atoms with van der Waals surface area (Å²) >= 11 is 1.65. The van der Waals surface area contributed by atoms with Gasteiger partial charge in [0.1, 0.15) is 0 Å². The van der Waals surface area contributed by atoms with Crippen LogP contribution in [0, 0.1) is 0 Å². The number of carbonyl (C=O) groups is 1. The maximum Gasteiger partial charge on any atom is 0.225 e. The summed E-state index contributed by atoms with van der Waals surface area (Å²) < 4.78 is 0. The number of nitrogens with zero attached hydrogens (tertiary/aromatic N) is 1. The molecule has 3 nitrogen and oxygen atoms in total. The Morgan fingerprint density at radius 1 is 1.32 bits per heavy atom. The fourth-order valence-corrected chi connectivity index (χ4v) is 2.35. The van der Waals surface area contributed by atoms with Gasteiger partial charge in [0.05, 0.1) is 5.69 Å². The molecule has 106 valence electrons. The highest BCUT2D eigenvalue weighted by molar-refractivity contribution is 7.98. The second-order valence-corrected chi connectivity index (χ2v) is 5.50. The van der Waals surface area contributed by atoms with Crippen LogP contribution in [0.5, 0.6) is 0 Å². The summed E-state index contributed by atoms with van der Waals surface area (Å²) in [7, 11) is 2.07. The molecule has 0 atom stereocenters. The van der Waals surface area contributed by atoms with E-state index in [4.69, 9.17) is 0 Å². The molecule has 0 fully saturated rings. The third-order valence-electron chi connectivity index (χ3n) is 3.00. The van der Waals surface area contributed by atoms with E-state index < -0.39 is 0 Å². The van der Waals surface area contributed by atoms with Gasteiger partial charge in [0.15, 0.2) is 0 Å². The summed E-state index contributed by atoms with van der Waals surface area (Å²) in [6.07, 6.45) is 4.94. The van der Waals surface area contributed by atoms with Crippen molar-refractivity contribution in [1.82, 2.24) is 4.90 Å². The van der Waals surface area contributed by atoms with Gasteiger partial charge >= 0.3 is 0 Å². The van der Waals surface area contributed by atoms with E-state index in [2.05, 4.69) is 24.2 Å². The van der Waals surface area contributed by atoms with Gasteiger partial charge in [-0.05, 0) is 38.4 Å². The van der Waals surface area contributed by atoms with Crippen molar-refractivity contribution in [2.75, 3.05) is 31.7 Å². The molecule has 0 radical (unpaired) electrons. The zero-order valence-electron chi connectivity index (χ0n) is 12.1. The Bertz CT molecular complexity index is 395. The highest BCUT2D eigenvalue weighted by Crippen LogP contribution is 2.24. The normalized spacial score (nSPS) is 10.7. The Kier molecular flexibility index (Phi) is 7.60. The lowest BCUT2D eigenvalue weighted by Crippen LogP contribution is -2.25. The molecule has 0 unspecified atom stereocenters. The summed E-state index contributed by atoms with van der Waals surface area (Å²) in [6, 6.07) is 7.90. The highest BCUT2D eigenvalue weighted by Gasteiger charge is 2.07. The van der Waals surface area contributed by atoms with E-state index in [1.54, 1.807) is 11.8 Å². The van der Waals surface area contributed by atoms with E-state index >= 15 is 0 Å². The van der Waals surface area contributed by atoms with Crippen LogP contribution in [0.1, 0.15) is 26.2 Å². The first-order chi connectivity index (χ1) is 9.17. The predicted molar refractivity (Wildman–Crippen MR) is 83.9 cm³/mol. The van der Waals surface area contributed by atoms with Crippen LogP contribution < -0.4 is 5.32 Å². The van der Waals surface area contributed by atoms with Crippen molar-refractivity contribution in [3.63, 3.8) is 0 Å². The van der Waals surface area contributed by atoms with Crippen LogP contribution in [0.25, 0.3) is 0 Å². The van der Waals surface area contributed by atoms with E-state index in [1.165, 1.54) is 12.8 Å². The minimum Gasteiger partial charge on any atom is -0.325 e. The monoisotopic (exact) mass is 280 g/mol. The number of thioether (sulfide) groups is 1. The Balaban J connectivity index is 2.38. The van der Waals surface area contributed by atoms with Crippen LogP contribution in [-0.4, -0.2) is 37.2 Å². The fraction of sp³-hybridized carbons (Fsp3) is 0.533. The lowest BCUT2D eigenvalue weighted by Gasteiger charge is -2.16. The molecular weight excluding hydrogens is 256 g/mol. The summed E-state index contributed by atoms with van der Waals surface area (Å²) in [5.41, 5.74) is 0.913. The molecule has 4 heteroatoms. The largest absolute Gasteiger partial charge is 0.325 e. The Hall–Kier alpha value is -1.00. The maximum absolute atomic E-state index is 11.9. The Morgan fingerprint density at radius 2 is 2.05 bits per heavy atom. The van der Waals surface area contributed by atoms with Crippen LogP contribution in [0.2, 0.25) is 0 Å². The Labute approximate surface area is 120 Å². The average Bonchev–Trinajstić information content (AvgIpc) is 2.43. The lowest BCUT2D eigenvalue weighted by molar-refractivity contribution is -0.116. The topological polar surface area (TPSA) is 32.3 Å². The number of rotatable bonds is 8. The molecule has 0 aliphatic heterocycles. The number of anilines is 1. The molecule has 0 spiro atoms. The molecule has 1 rings (SSSR count). The van der Waals surface area contributed by atoms with Crippen molar-refractivity contribution in [3.05, 3.63) is 24.3 Å². The second kappa shape index (κ2) is 8.99. The molecule has 1 N–H and O–H groups in total. The van der Waals surface area contributed by atoms with Crippen molar-refractivity contribution >= 4 is 23.4 Å². The molecule has 0 aliphatic rings. The average molecular weight is 280 g/mol. The van der Waals surface area contributed by atoms with Crippen LogP contribution in [0.4, 0.5) is 5.69 Å². The number of carbonyl (C=O) groups excluding carboxylic acids is 1.